The van der Waals surface area contributed by atoms with E-state index in [9.17, 15) is 27.0 Å². The van der Waals surface area contributed by atoms with E-state index in [-0.39, 0.29) is 37.1 Å². The highest BCUT2D eigenvalue weighted by Crippen LogP contribution is 2.38. The van der Waals surface area contributed by atoms with Gasteiger partial charge in [-0.25, -0.2) is 0 Å². The van der Waals surface area contributed by atoms with E-state index >= 15 is 0 Å². The molecule has 0 heterocycles. The molecule has 3 rings (SSSR count). The van der Waals surface area contributed by atoms with Gasteiger partial charge < -0.3 is 23.3 Å². The molecule has 0 aliphatic rings. The Bertz CT molecular complexity index is 1540. The van der Waals surface area contributed by atoms with E-state index in [4.69, 9.17) is 13.1 Å². The number of aliphatic hydroxyl groups is 2. The molecular formula is C27H30O9S2. The molecule has 9 nitrogen and oxygen atoms in total. The number of aliphatic hydroxyl groups excluding tert-OH is 2. The highest BCUT2D eigenvalue weighted by Gasteiger charge is 2.17. The first-order valence-electron chi connectivity index (χ1n) is 11.5. The first-order chi connectivity index (χ1) is 17.8. The highest BCUT2D eigenvalue weighted by atomic mass is 32.2. The molecule has 2 N–H and O–H groups in total. The van der Waals surface area contributed by atoms with Crippen molar-refractivity contribution < 1.29 is 40.2 Å². The van der Waals surface area contributed by atoms with Gasteiger partial charge in [-0.3, -0.25) is 0 Å². The van der Waals surface area contributed by atoms with Crippen LogP contribution in [-0.4, -0.2) is 46.2 Å². The zero-order chi connectivity index (χ0) is 28.1. The SMILES string of the molecule is CC(C)=CCOc1ccc(-c2cc(CO)c(-c3ccc(OS(C)(=O)=O)cc3)cc2CO)cc1OS(C)(=O)=O. The van der Waals surface area contributed by atoms with Crippen molar-refractivity contribution in [1.82, 2.24) is 0 Å². The summed E-state index contributed by atoms with van der Waals surface area (Å²) in [7, 11) is -7.53. The van der Waals surface area contributed by atoms with Crippen LogP contribution in [0, 0.1) is 0 Å². The smallest absolute Gasteiger partial charge is 0.306 e. The second-order valence-corrected chi connectivity index (χ2v) is 12.0. The van der Waals surface area contributed by atoms with Crippen molar-refractivity contribution in [3.05, 3.63) is 77.4 Å². The molecule has 0 aliphatic heterocycles. The van der Waals surface area contributed by atoms with Crippen LogP contribution >= 0.6 is 0 Å². The second-order valence-electron chi connectivity index (χ2n) is 8.84. The minimum atomic E-state index is -3.86. The molecule has 0 radical (unpaired) electrons. The molecule has 0 aromatic heterocycles. The summed E-state index contributed by atoms with van der Waals surface area (Å²) in [5.74, 6) is 0.371. The first kappa shape index (κ1) is 29.2. The largest absolute Gasteiger partial charge is 0.486 e. The molecule has 204 valence electrons. The number of ether oxygens (including phenoxy) is 1. The summed E-state index contributed by atoms with van der Waals surface area (Å²) >= 11 is 0. The number of allylic oxidation sites excluding steroid dienone is 1. The summed E-state index contributed by atoms with van der Waals surface area (Å²) in [4.78, 5) is 0. The maximum absolute atomic E-state index is 11.9. The zero-order valence-electron chi connectivity index (χ0n) is 21.5. The van der Waals surface area contributed by atoms with E-state index in [1.54, 1.807) is 36.4 Å². The van der Waals surface area contributed by atoms with Crippen molar-refractivity contribution in [1.29, 1.82) is 0 Å². The molecule has 11 heteroatoms. The van der Waals surface area contributed by atoms with Gasteiger partial charge in [-0.1, -0.05) is 23.8 Å². The maximum Gasteiger partial charge on any atom is 0.306 e. The average Bonchev–Trinajstić information content (AvgIpc) is 2.82. The van der Waals surface area contributed by atoms with Gasteiger partial charge in [-0.15, -0.1) is 0 Å². The van der Waals surface area contributed by atoms with Crippen molar-refractivity contribution in [3.8, 4) is 39.5 Å². The van der Waals surface area contributed by atoms with Gasteiger partial charge in [-0.05, 0) is 89.7 Å². The number of rotatable bonds is 11. The minimum absolute atomic E-state index is 0.00728. The Hall–Kier alpha value is -3.38. The zero-order valence-corrected chi connectivity index (χ0v) is 23.1. The Kier molecular flexibility index (Phi) is 9.21. The van der Waals surface area contributed by atoms with E-state index in [0.29, 0.717) is 33.4 Å². The molecule has 0 spiro atoms. The van der Waals surface area contributed by atoms with Crippen LogP contribution in [0.25, 0.3) is 22.3 Å². The van der Waals surface area contributed by atoms with Crippen LogP contribution in [0.2, 0.25) is 0 Å². The van der Waals surface area contributed by atoms with Crippen LogP contribution in [0.15, 0.2) is 66.2 Å². The van der Waals surface area contributed by atoms with Gasteiger partial charge in [0.1, 0.15) is 12.4 Å². The monoisotopic (exact) mass is 562 g/mol. The third-order valence-electron chi connectivity index (χ3n) is 5.31. The molecular weight excluding hydrogens is 532 g/mol. The maximum atomic E-state index is 11.9. The van der Waals surface area contributed by atoms with Gasteiger partial charge in [0.25, 0.3) is 0 Å². The fourth-order valence-corrected chi connectivity index (χ4v) is 4.59. The molecule has 3 aromatic carbocycles. The summed E-state index contributed by atoms with van der Waals surface area (Å²) in [6.07, 6.45) is 3.73. The van der Waals surface area contributed by atoms with Crippen molar-refractivity contribution in [2.75, 3.05) is 19.1 Å². The van der Waals surface area contributed by atoms with E-state index in [0.717, 1.165) is 18.1 Å². The average molecular weight is 563 g/mol. The Balaban J connectivity index is 2.07. The lowest BCUT2D eigenvalue weighted by molar-refractivity contribution is 0.279. The number of benzene rings is 3. The molecule has 0 atom stereocenters. The highest BCUT2D eigenvalue weighted by molar-refractivity contribution is 7.86. The van der Waals surface area contributed by atoms with E-state index in [2.05, 4.69) is 0 Å². The van der Waals surface area contributed by atoms with Gasteiger partial charge in [0, 0.05) is 0 Å². The molecule has 3 aromatic rings. The third kappa shape index (κ3) is 8.06. The molecule has 0 saturated carbocycles. The van der Waals surface area contributed by atoms with Crippen molar-refractivity contribution in [2.45, 2.75) is 27.1 Å². The van der Waals surface area contributed by atoms with Crippen molar-refractivity contribution in [3.63, 3.8) is 0 Å². The van der Waals surface area contributed by atoms with Crippen LogP contribution < -0.4 is 13.1 Å². The van der Waals surface area contributed by atoms with Crippen LogP contribution in [0.3, 0.4) is 0 Å². The number of hydrogen-bond donors (Lipinski definition) is 2. The number of hydrogen-bond acceptors (Lipinski definition) is 9. The predicted molar refractivity (Wildman–Crippen MR) is 145 cm³/mol. The molecule has 0 fully saturated rings. The molecule has 0 aliphatic carbocycles. The Morgan fingerprint density at radius 1 is 0.737 bits per heavy atom. The second kappa shape index (κ2) is 12.0. The predicted octanol–water partition coefficient (Wildman–Crippen LogP) is 4.03. The Labute approximate surface area is 223 Å². The van der Waals surface area contributed by atoms with Crippen molar-refractivity contribution in [2.24, 2.45) is 0 Å². The molecule has 38 heavy (non-hydrogen) atoms. The van der Waals surface area contributed by atoms with E-state index < -0.39 is 20.2 Å². The quantitative estimate of drug-likeness (QED) is 0.262. The van der Waals surface area contributed by atoms with E-state index in [1.165, 1.54) is 18.2 Å². The van der Waals surface area contributed by atoms with Crippen LogP contribution in [0.5, 0.6) is 17.2 Å². The van der Waals surface area contributed by atoms with Crippen LogP contribution in [0.4, 0.5) is 0 Å². The van der Waals surface area contributed by atoms with Gasteiger partial charge in [0.2, 0.25) is 0 Å². The molecule has 0 saturated heterocycles. The standard InChI is InChI=1S/C27H30O9S2/c1-18(2)11-12-34-26-10-7-20(15-27(26)36-38(4,32)33)25-14-21(16-28)24(13-22(25)17-29)19-5-8-23(9-6-19)35-37(3,30)31/h5-11,13-15,28-29H,12,16-17H2,1-4H3. The first-order valence-corrected chi connectivity index (χ1v) is 15.1. The minimum Gasteiger partial charge on any atom is -0.486 e. The summed E-state index contributed by atoms with van der Waals surface area (Å²) < 4.78 is 62.3. The Morgan fingerprint density at radius 3 is 1.76 bits per heavy atom. The van der Waals surface area contributed by atoms with E-state index in [1.807, 2.05) is 19.9 Å². The fraction of sp³-hybridized carbons (Fsp3) is 0.259. The van der Waals surface area contributed by atoms with Crippen molar-refractivity contribution >= 4 is 20.2 Å². The summed E-state index contributed by atoms with van der Waals surface area (Å²) in [5.41, 5.74) is 4.47. The molecule has 0 amide bonds. The summed E-state index contributed by atoms with van der Waals surface area (Å²) in [6.45, 7) is 3.38. The fourth-order valence-electron chi connectivity index (χ4n) is 3.67. The summed E-state index contributed by atoms with van der Waals surface area (Å²) in [6, 6.07) is 14.5. The van der Waals surface area contributed by atoms with Gasteiger partial charge in [0.15, 0.2) is 11.5 Å². The van der Waals surface area contributed by atoms with Gasteiger partial charge >= 0.3 is 20.2 Å². The van der Waals surface area contributed by atoms with Gasteiger partial charge in [0.05, 0.1) is 25.7 Å². The van der Waals surface area contributed by atoms with Gasteiger partial charge in [-0.2, -0.15) is 16.8 Å². The topological polar surface area (TPSA) is 136 Å². The lowest BCUT2D eigenvalue weighted by atomic mass is 9.91. The van der Waals surface area contributed by atoms with Crippen LogP contribution in [-0.2, 0) is 33.5 Å². The van der Waals surface area contributed by atoms with Crippen LogP contribution in [0.1, 0.15) is 25.0 Å². The lowest BCUT2D eigenvalue weighted by Crippen LogP contribution is -2.08. The third-order valence-corrected chi connectivity index (χ3v) is 6.29. The normalized spacial score (nSPS) is 11.6. The Morgan fingerprint density at radius 2 is 1.26 bits per heavy atom. The lowest BCUT2D eigenvalue weighted by Gasteiger charge is -2.17. The molecule has 0 bridgehead atoms. The molecule has 0 unspecified atom stereocenters. The summed E-state index contributed by atoms with van der Waals surface area (Å²) in [5, 5.41) is 20.3.